The van der Waals surface area contributed by atoms with Crippen molar-refractivity contribution in [3.05, 3.63) is 68.7 Å². The van der Waals surface area contributed by atoms with Gasteiger partial charge in [-0.3, -0.25) is 15.5 Å². The van der Waals surface area contributed by atoms with E-state index in [9.17, 15) is 10.1 Å². The first kappa shape index (κ1) is 14.8. The number of hydrogen-bond donors (Lipinski definition) is 2. The minimum Gasteiger partial charge on any atom is -0.487 e. The zero-order valence-corrected chi connectivity index (χ0v) is 11.6. The van der Waals surface area contributed by atoms with Crippen LogP contribution in [-0.2, 0) is 6.61 Å². The number of halogens is 1. The van der Waals surface area contributed by atoms with Crippen molar-refractivity contribution in [3.8, 4) is 5.75 Å². The molecule has 0 amide bonds. The smallest absolute Gasteiger partial charge is 0.273 e. The first-order valence-electron chi connectivity index (χ1n) is 5.98. The molecule has 0 bridgehead atoms. The summed E-state index contributed by atoms with van der Waals surface area (Å²) in [5.74, 6) is 0.142. The number of nitrogen functional groups attached to an aromatic ring is 1. The average molecular weight is 306 g/mol. The van der Waals surface area contributed by atoms with E-state index < -0.39 is 4.92 Å². The second-order valence-corrected chi connectivity index (χ2v) is 4.64. The number of rotatable bonds is 5. The molecule has 0 unspecified atom stereocenters. The Kier molecular flexibility index (Phi) is 4.39. The van der Waals surface area contributed by atoms with Crippen molar-refractivity contribution in [1.29, 1.82) is 5.41 Å². The second-order valence-electron chi connectivity index (χ2n) is 4.23. The van der Waals surface area contributed by atoms with Crippen LogP contribution in [0, 0.1) is 15.5 Å². The number of non-ortho nitro benzene ring substituents is 1. The summed E-state index contributed by atoms with van der Waals surface area (Å²) in [6.45, 7) is 0.108. The van der Waals surface area contributed by atoms with E-state index in [2.05, 4.69) is 0 Å². The Morgan fingerprint density at radius 2 is 2.05 bits per heavy atom. The summed E-state index contributed by atoms with van der Waals surface area (Å²) in [5.41, 5.74) is 6.64. The molecule has 2 rings (SSSR count). The topological polar surface area (TPSA) is 102 Å². The predicted octanol–water partition coefficient (Wildman–Crippen LogP) is 3.11. The first-order valence-corrected chi connectivity index (χ1v) is 6.36. The van der Waals surface area contributed by atoms with Crippen LogP contribution >= 0.6 is 11.6 Å². The molecule has 0 aliphatic heterocycles. The van der Waals surface area contributed by atoms with Gasteiger partial charge in [-0.15, -0.1) is 0 Å². The number of nitrogens with zero attached hydrogens (tertiary/aromatic N) is 1. The molecule has 2 aromatic rings. The minimum atomic E-state index is -0.521. The van der Waals surface area contributed by atoms with Gasteiger partial charge in [-0.1, -0.05) is 35.9 Å². The number of nitrogens with one attached hydrogen (secondary N) is 1. The molecule has 0 spiro atoms. The fourth-order valence-corrected chi connectivity index (χ4v) is 1.95. The third-order valence-electron chi connectivity index (χ3n) is 2.82. The van der Waals surface area contributed by atoms with Gasteiger partial charge in [-0.2, -0.15) is 0 Å². The standard InChI is InChI=1S/C14H12ClN3O3/c15-12-6-5-10(18(19)20)7-13(12)21-8-9-3-1-2-4-11(9)14(16)17/h1-7H,8H2,(H3,16,17). The van der Waals surface area contributed by atoms with Crippen molar-refractivity contribution in [2.75, 3.05) is 0 Å². The molecule has 0 fully saturated rings. The second kappa shape index (κ2) is 6.23. The van der Waals surface area contributed by atoms with Crippen molar-refractivity contribution in [2.24, 2.45) is 5.73 Å². The van der Waals surface area contributed by atoms with Gasteiger partial charge in [0, 0.05) is 17.2 Å². The van der Waals surface area contributed by atoms with Gasteiger partial charge in [0.25, 0.3) is 5.69 Å². The van der Waals surface area contributed by atoms with Crippen LogP contribution in [0.5, 0.6) is 5.75 Å². The van der Waals surface area contributed by atoms with Gasteiger partial charge in [-0.05, 0) is 6.07 Å². The normalized spacial score (nSPS) is 10.1. The molecule has 7 heteroatoms. The first-order chi connectivity index (χ1) is 9.99. The van der Waals surface area contributed by atoms with Crippen LogP contribution in [0.1, 0.15) is 11.1 Å². The number of nitro benzene ring substituents is 1. The third kappa shape index (κ3) is 3.49. The van der Waals surface area contributed by atoms with Gasteiger partial charge in [-0.25, -0.2) is 0 Å². The zero-order valence-electron chi connectivity index (χ0n) is 10.9. The van der Waals surface area contributed by atoms with E-state index in [1.54, 1.807) is 24.3 Å². The predicted molar refractivity (Wildman–Crippen MR) is 79.9 cm³/mol. The maximum absolute atomic E-state index is 10.7. The number of ether oxygens (including phenoxy) is 1. The fraction of sp³-hybridized carbons (Fsp3) is 0.0714. The van der Waals surface area contributed by atoms with E-state index in [0.717, 1.165) is 0 Å². The lowest BCUT2D eigenvalue weighted by atomic mass is 10.1. The van der Waals surface area contributed by atoms with Crippen molar-refractivity contribution in [1.82, 2.24) is 0 Å². The van der Waals surface area contributed by atoms with Gasteiger partial charge < -0.3 is 10.5 Å². The van der Waals surface area contributed by atoms with Gasteiger partial charge >= 0.3 is 0 Å². The third-order valence-corrected chi connectivity index (χ3v) is 3.13. The van der Waals surface area contributed by atoms with Crippen LogP contribution in [0.4, 0.5) is 5.69 Å². The van der Waals surface area contributed by atoms with E-state index in [-0.39, 0.29) is 28.9 Å². The Hall–Kier alpha value is -2.60. The van der Waals surface area contributed by atoms with Crippen LogP contribution in [0.25, 0.3) is 0 Å². The molecule has 0 saturated heterocycles. The maximum Gasteiger partial charge on any atom is 0.273 e. The van der Waals surface area contributed by atoms with Crippen molar-refractivity contribution in [2.45, 2.75) is 6.61 Å². The van der Waals surface area contributed by atoms with E-state index in [1.165, 1.54) is 18.2 Å². The quantitative estimate of drug-likeness (QED) is 0.383. The fourth-order valence-electron chi connectivity index (χ4n) is 1.78. The SMILES string of the molecule is N=C(N)c1ccccc1COc1cc([N+](=O)[O-])ccc1Cl. The van der Waals surface area contributed by atoms with Crippen molar-refractivity contribution < 1.29 is 9.66 Å². The molecular weight excluding hydrogens is 294 g/mol. The molecular formula is C14H12ClN3O3. The van der Waals surface area contributed by atoms with Crippen LogP contribution < -0.4 is 10.5 Å². The summed E-state index contributed by atoms with van der Waals surface area (Å²) in [6.07, 6.45) is 0. The van der Waals surface area contributed by atoms with Crippen molar-refractivity contribution in [3.63, 3.8) is 0 Å². The molecule has 21 heavy (non-hydrogen) atoms. The molecule has 108 valence electrons. The number of nitro groups is 1. The van der Waals surface area contributed by atoms with Gasteiger partial charge in [0.2, 0.25) is 0 Å². The van der Waals surface area contributed by atoms with Gasteiger partial charge in [0.1, 0.15) is 18.2 Å². The highest BCUT2D eigenvalue weighted by Gasteiger charge is 2.12. The minimum absolute atomic E-state index is 0.0701. The Morgan fingerprint density at radius 3 is 2.71 bits per heavy atom. The number of amidine groups is 1. The number of benzene rings is 2. The number of hydrogen-bond acceptors (Lipinski definition) is 4. The highest BCUT2D eigenvalue weighted by molar-refractivity contribution is 6.32. The molecule has 2 aromatic carbocycles. The summed E-state index contributed by atoms with van der Waals surface area (Å²) in [7, 11) is 0. The molecule has 0 aliphatic carbocycles. The summed E-state index contributed by atoms with van der Waals surface area (Å²) in [6, 6.07) is 11.0. The maximum atomic E-state index is 10.7. The van der Waals surface area contributed by atoms with E-state index in [4.69, 9.17) is 27.5 Å². The monoisotopic (exact) mass is 305 g/mol. The lowest BCUT2D eigenvalue weighted by Crippen LogP contribution is -2.14. The lowest BCUT2D eigenvalue weighted by Gasteiger charge is -2.11. The lowest BCUT2D eigenvalue weighted by molar-refractivity contribution is -0.384. The molecule has 0 saturated carbocycles. The Morgan fingerprint density at radius 1 is 1.33 bits per heavy atom. The Bertz CT molecular complexity index is 704. The average Bonchev–Trinajstić information content (AvgIpc) is 2.46. The van der Waals surface area contributed by atoms with Crippen LogP contribution in [0.15, 0.2) is 42.5 Å². The number of nitrogens with two attached hydrogens (primary N) is 1. The molecule has 3 N–H and O–H groups in total. The summed E-state index contributed by atoms with van der Waals surface area (Å²) >= 11 is 5.95. The molecule has 6 nitrogen and oxygen atoms in total. The van der Waals surface area contributed by atoms with Gasteiger partial charge in [0.05, 0.1) is 16.0 Å². The highest BCUT2D eigenvalue weighted by atomic mass is 35.5. The van der Waals surface area contributed by atoms with E-state index >= 15 is 0 Å². The van der Waals surface area contributed by atoms with E-state index in [0.29, 0.717) is 11.1 Å². The van der Waals surface area contributed by atoms with Crippen molar-refractivity contribution >= 4 is 23.1 Å². The van der Waals surface area contributed by atoms with Crippen LogP contribution in [0.3, 0.4) is 0 Å². The zero-order chi connectivity index (χ0) is 15.4. The van der Waals surface area contributed by atoms with Crippen LogP contribution in [0.2, 0.25) is 5.02 Å². The molecule has 0 aromatic heterocycles. The largest absolute Gasteiger partial charge is 0.487 e. The summed E-state index contributed by atoms with van der Waals surface area (Å²) in [5, 5.41) is 18.5. The molecule has 0 heterocycles. The summed E-state index contributed by atoms with van der Waals surface area (Å²) < 4.78 is 5.52. The highest BCUT2D eigenvalue weighted by Crippen LogP contribution is 2.29. The van der Waals surface area contributed by atoms with E-state index in [1.807, 2.05) is 0 Å². The molecule has 0 radical (unpaired) electrons. The summed E-state index contributed by atoms with van der Waals surface area (Å²) in [4.78, 5) is 10.2. The Balaban J connectivity index is 2.22. The Labute approximate surface area is 125 Å². The molecule has 0 atom stereocenters. The molecule has 0 aliphatic rings. The van der Waals surface area contributed by atoms with Gasteiger partial charge in [0.15, 0.2) is 0 Å². The van der Waals surface area contributed by atoms with Crippen LogP contribution in [-0.4, -0.2) is 10.8 Å².